The van der Waals surface area contributed by atoms with Crippen LogP contribution in [0.25, 0.3) is 0 Å². The number of halogens is 2. The second kappa shape index (κ2) is 12.2. The van der Waals surface area contributed by atoms with Gasteiger partial charge < -0.3 is 25.0 Å². The molecule has 9 nitrogen and oxygen atoms in total. The lowest BCUT2D eigenvalue weighted by atomic mass is 9.82. The van der Waals surface area contributed by atoms with Crippen molar-refractivity contribution in [3.63, 3.8) is 0 Å². The number of rotatable bonds is 8. The molecule has 2 aliphatic rings. The summed E-state index contributed by atoms with van der Waals surface area (Å²) in [6.45, 7) is -0.0948. The summed E-state index contributed by atoms with van der Waals surface area (Å²) in [6, 6.07) is 7.96. The van der Waals surface area contributed by atoms with Crippen LogP contribution >= 0.6 is 0 Å². The maximum absolute atomic E-state index is 13.9. The summed E-state index contributed by atoms with van der Waals surface area (Å²) in [7, 11) is 1.45. The minimum Gasteiger partial charge on any atom is -0.497 e. The van der Waals surface area contributed by atoms with Gasteiger partial charge in [-0.3, -0.25) is 19.2 Å². The number of nitrogens with one attached hydrogen (secondary N) is 1. The molecule has 1 saturated carbocycles. The van der Waals surface area contributed by atoms with Gasteiger partial charge in [-0.2, -0.15) is 0 Å². The van der Waals surface area contributed by atoms with E-state index in [9.17, 15) is 33.1 Å². The molecule has 208 valence electrons. The van der Waals surface area contributed by atoms with E-state index in [1.165, 1.54) is 18.1 Å². The SMILES string of the molecule is COc1cccc(C(=O)N2CCN(C(=O)c3cc(F)cc(F)c3)C2C(=O)NC(CC(=O)O)C2CCCCC2)c1. The molecule has 39 heavy (non-hydrogen) atoms. The fourth-order valence-corrected chi connectivity index (χ4v) is 5.42. The van der Waals surface area contributed by atoms with Crippen LogP contribution in [0.5, 0.6) is 5.75 Å². The van der Waals surface area contributed by atoms with Gasteiger partial charge in [0.25, 0.3) is 17.7 Å². The average molecular weight is 544 g/mol. The van der Waals surface area contributed by atoms with Gasteiger partial charge in [-0.05, 0) is 49.1 Å². The summed E-state index contributed by atoms with van der Waals surface area (Å²) < 4.78 is 33.0. The minimum atomic E-state index is -1.46. The predicted octanol–water partition coefficient (Wildman–Crippen LogP) is 3.44. The molecule has 1 aliphatic heterocycles. The molecule has 1 saturated heterocycles. The molecule has 2 aromatic carbocycles. The molecule has 0 radical (unpaired) electrons. The van der Waals surface area contributed by atoms with Crippen molar-refractivity contribution in [2.75, 3.05) is 20.2 Å². The summed E-state index contributed by atoms with van der Waals surface area (Å²) in [5.74, 6) is -4.75. The van der Waals surface area contributed by atoms with Crippen molar-refractivity contribution in [1.29, 1.82) is 0 Å². The molecule has 11 heteroatoms. The van der Waals surface area contributed by atoms with Crippen LogP contribution in [0.1, 0.15) is 59.2 Å². The Hall–Kier alpha value is -4.02. The number of carbonyl (C=O) groups excluding carboxylic acids is 3. The van der Waals surface area contributed by atoms with E-state index in [-0.39, 0.29) is 36.6 Å². The fraction of sp³-hybridized carbons (Fsp3) is 0.429. The number of carboxylic acids is 1. The average Bonchev–Trinajstić information content (AvgIpc) is 3.37. The number of aliphatic carboxylic acids is 1. The van der Waals surface area contributed by atoms with Gasteiger partial charge in [-0.15, -0.1) is 0 Å². The molecule has 1 aliphatic carbocycles. The number of methoxy groups -OCH3 is 1. The Balaban J connectivity index is 1.67. The zero-order valence-electron chi connectivity index (χ0n) is 21.6. The van der Waals surface area contributed by atoms with Gasteiger partial charge in [0.1, 0.15) is 17.4 Å². The van der Waals surface area contributed by atoms with E-state index >= 15 is 0 Å². The largest absolute Gasteiger partial charge is 0.497 e. The van der Waals surface area contributed by atoms with Gasteiger partial charge >= 0.3 is 5.97 Å². The van der Waals surface area contributed by atoms with Crippen molar-refractivity contribution in [1.82, 2.24) is 15.1 Å². The van der Waals surface area contributed by atoms with Gasteiger partial charge in [-0.1, -0.05) is 25.3 Å². The van der Waals surface area contributed by atoms with Gasteiger partial charge in [0.05, 0.1) is 13.5 Å². The first-order valence-electron chi connectivity index (χ1n) is 12.9. The topological polar surface area (TPSA) is 116 Å². The van der Waals surface area contributed by atoms with Crippen LogP contribution in [0, 0.1) is 17.6 Å². The zero-order valence-corrected chi connectivity index (χ0v) is 21.6. The molecule has 3 amide bonds. The Morgan fingerprint density at radius 1 is 0.949 bits per heavy atom. The van der Waals surface area contributed by atoms with E-state index < -0.39 is 47.5 Å². The smallest absolute Gasteiger partial charge is 0.305 e. The van der Waals surface area contributed by atoms with E-state index in [1.807, 2.05) is 0 Å². The van der Waals surface area contributed by atoms with E-state index in [4.69, 9.17) is 4.74 Å². The number of nitrogens with zero attached hydrogens (tertiary/aromatic N) is 2. The third-order valence-corrected chi connectivity index (χ3v) is 7.30. The van der Waals surface area contributed by atoms with Crippen molar-refractivity contribution in [2.45, 2.75) is 50.7 Å². The molecule has 2 aromatic rings. The maximum atomic E-state index is 13.9. The molecule has 2 fully saturated rings. The molecule has 1 heterocycles. The third-order valence-electron chi connectivity index (χ3n) is 7.30. The van der Waals surface area contributed by atoms with Gasteiger partial charge in [0.2, 0.25) is 0 Å². The van der Waals surface area contributed by atoms with Gasteiger partial charge in [0, 0.05) is 36.3 Å². The van der Waals surface area contributed by atoms with Crippen molar-refractivity contribution in [3.05, 3.63) is 65.2 Å². The standard InChI is InChI=1S/C28H31F2N3O6/c1-39-22-9-5-8-18(14-22)27(37)32-10-11-33(28(38)19-12-20(29)15-21(30)13-19)26(32)25(36)31-23(16-24(34)35)17-6-3-2-4-7-17/h5,8-9,12-15,17,23,26H,2-4,6-7,10-11,16H2,1H3,(H,31,36)(H,34,35). The third kappa shape index (κ3) is 6.52. The molecule has 0 bridgehead atoms. The Kier molecular flexibility index (Phi) is 8.78. The van der Waals surface area contributed by atoms with Crippen molar-refractivity contribution < 1.29 is 37.8 Å². The number of amides is 3. The van der Waals surface area contributed by atoms with E-state index in [1.54, 1.807) is 18.2 Å². The van der Waals surface area contributed by atoms with Crippen LogP contribution in [0.15, 0.2) is 42.5 Å². The number of hydrogen-bond donors (Lipinski definition) is 2. The van der Waals surface area contributed by atoms with E-state index in [0.717, 1.165) is 49.1 Å². The lowest BCUT2D eigenvalue weighted by Crippen LogP contribution is -2.57. The lowest BCUT2D eigenvalue weighted by molar-refractivity contribution is -0.138. The summed E-state index contributed by atoms with van der Waals surface area (Å²) in [4.78, 5) is 54.6. The first-order chi connectivity index (χ1) is 18.7. The first kappa shape index (κ1) is 28.0. The molecule has 2 N–H and O–H groups in total. The fourth-order valence-electron chi connectivity index (χ4n) is 5.42. The summed E-state index contributed by atoms with van der Waals surface area (Å²) in [6.07, 6.45) is 2.59. The predicted molar refractivity (Wildman–Crippen MR) is 136 cm³/mol. The maximum Gasteiger partial charge on any atom is 0.305 e. The van der Waals surface area contributed by atoms with E-state index in [2.05, 4.69) is 5.32 Å². The molecule has 2 unspecified atom stereocenters. The van der Waals surface area contributed by atoms with Crippen LogP contribution in [-0.2, 0) is 9.59 Å². The number of carbonyl (C=O) groups is 4. The number of hydrogen-bond acceptors (Lipinski definition) is 5. The Labute approximate surface area is 224 Å². The molecular weight excluding hydrogens is 512 g/mol. The Morgan fingerprint density at radius 3 is 2.15 bits per heavy atom. The molecule has 4 rings (SSSR count). The highest BCUT2D eigenvalue weighted by molar-refractivity contribution is 6.02. The van der Waals surface area contributed by atoms with Gasteiger partial charge in [0.15, 0.2) is 6.17 Å². The van der Waals surface area contributed by atoms with Crippen LogP contribution in [0.3, 0.4) is 0 Å². The first-order valence-corrected chi connectivity index (χ1v) is 12.9. The monoisotopic (exact) mass is 543 g/mol. The summed E-state index contributed by atoms with van der Waals surface area (Å²) in [5, 5.41) is 12.3. The number of benzene rings is 2. The number of ether oxygens (including phenoxy) is 1. The second-order valence-corrected chi connectivity index (χ2v) is 9.87. The summed E-state index contributed by atoms with van der Waals surface area (Å²) in [5.41, 5.74) is -0.0945. The van der Waals surface area contributed by atoms with Crippen molar-refractivity contribution >= 4 is 23.7 Å². The highest BCUT2D eigenvalue weighted by Gasteiger charge is 2.44. The normalized spacial score (nSPS) is 18.5. The van der Waals surface area contributed by atoms with Crippen LogP contribution < -0.4 is 10.1 Å². The van der Waals surface area contributed by atoms with Crippen LogP contribution in [-0.4, -0.2) is 71.0 Å². The second-order valence-electron chi connectivity index (χ2n) is 9.87. The van der Waals surface area contributed by atoms with Crippen LogP contribution in [0.2, 0.25) is 0 Å². The van der Waals surface area contributed by atoms with Crippen molar-refractivity contribution in [3.8, 4) is 5.75 Å². The highest BCUT2D eigenvalue weighted by Crippen LogP contribution is 2.29. The van der Waals surface area contributed by atoms with E-state index in [0.29, 0.717) is 11.8 Å². The highest BCUT2D eigenvalue weighted by atomic mass is 19.1. The molecule has 0 aromatic heterocycles. The molecule has 0 spiro atoms. The summed E-state index contributed by atoms with van der Waals surface area (Å²) >= 11 is 0. The zero-order chi connectivity index (χ0) is 28.1. The lowest BCUT2D eigenvalue weighted by Gasteiger charge is -2.34. The quantitative estimate of drug-likeness (QED) is 0.527. The van der Waals surface area contributed by atoms with Crippen molar-refractivity contribution in [2.24, 2.45) is 5.92 Å². The minimum absolute atomic E-state index is 0.0231. The molecular formula is C28H31F2N3O6. The Bertz CT molecular complexity index is 1230. The molecule has 2 atom stereocenters. The van der Waals surface area contributed by atoms with Gasteiger partial charge in [-0.25, -0.2) is 8.78 Å². The number of carboxylic acid groups (broad SMARTS) is 1. The Morgan fingerprint density at radius 2 is 1.56 bits per heavy atom. The van der Waals surface area contributed by atoms with Crippen LogP contribution in [0.4, 0.5) is 8.78 Å².